The Morgan fingerprint density at radius 1 is 1.44 bits per heavy atom. The van der Waals surface area contributed by atoms with Gasteiger partial charge in [0.1, 0.15) is 5.75 Å². The molecule has 1 aliphatic rings. The molecule has 96 valence electrons. The van der Waals surface area contributed by atoms with E-state index in [1.165, 1.54) is 12.0 Å². The van der Waals surface area contributed by atoms with Crippen molar-refractivity contribution in [2.24, 2.45) is 4.99 Å². The van der Waals surface area contributed by atoms with Crippen LogP contribution < -0.4 is 4.74 Å². The first kappa shape index (κ1) is 13.2. The van der Waals surface area contributed by atoms with Crippen molar-refractivity contribution in [1.82, 2.24) is 0 Å². The molecule has 0 aromatic heterocycles. The molecule has 2 rings (SSSR count). The number of dihydropyridines is 1. The summed E-state index contributed by atoms with van der Waals surface area (Å²) in [6.45, 7) is 3.04. The van der Waals surface area contributed by atoms with Gasteiger partial charge in [0, 0.05) is 5.92 Å². The molecule has 0 bridgehead atoms. The predicted molar refractivity (Wildman–Crippen MR) is 79.9 cm³/mol. The van der Waals surface area contributed by atoms with Crippen molar-refractivity contribution in [3.63, 3.8) is 0 Å². The number of aliphatic imine (C=N–C) groups is 1. The molecule has 0 spiro atoms. The van der Waals surface area contributed by atoms with Gasteiger partial charge in [-0.05, 0) is 35.9 Å². The van der Waals surface area contributed by atoms with Gasteiger partial charge < -0.3 is 4.74 Å². The van der Waals surface area contributed by atoms with Crippen molar-refractivity contribution < 1.29 is 4.74 Å². The molecule has 1 aromatic carbocycles. The fourth-order valence-electron chi connectivity index (χ4n) is 1.89. The first-order valence-corrected chi connectivity index (χ1v) is 7.31. The zero-order valence-electron chi connectivity index (χ0n) is 10.9. The summed E-state index contributed by atoms with van der Waals surface area (Å²) in [5, 5.41) is 1.16. The van der Waals surface area contributed by atoms with Crippen LogP contribution in [-0.2, 0) is 0 Å². The lowest BCUT2D eigenvalue weighted by Crippen LogP contribution is -2.07. The van der Waals surface area contributed by atoms with Crippen LogP contribution in [0.5, 0.6) is 5.75 Å². The normalized spacial score (nSPS) is 18.6. The standard InChI is InChI=1S/C15H19NOS/c1-3-9-18-15-8-7-13(11-16-15)12-5-4-6-14(10-12)17-2/h4-8,10,13H,3,9,11H2,1-2H3. The monoisotopic (exact) mass is 261 g/mol. The Morgan fingerprint density at radius 2 is 2.33 bits per heavy atom. The fraction of sp³-hybridized carbons (Fsp3) is 0.400. The van der Waals surface area contributed by atoms with Gasteiger partial charge in [-0.15, -0.1) is 11.8 Å². The fourth-order valence-corrected chi connectivity index (χ4v) is 2.64. The lowest BCUT2D eigenvalue weighted by Gasteiger charge is -2.16. The highest BCUT2D eigenvalue weighted by molar-refractivity contribution is 8.14. The summed E-state index contributed by atoms with van der Waals surface area (Å²) in [6.07, 6.45) is 5.59. The number of ether oxygens (including phenoxy) is 1. The van der Waals surface area contributed by atoms with Gasteiger partial charge in [0.15, 0.2) is 0 Å². The first-order valence-electron chi connectivity index (χ1n) is 6.33. The van der Waals surface area contributed by atoms with E-state index in [1.807, 2.05) is 23.9 Å². The highest BCUT2D eigenvalue weighted by Gasteiger charge is 2.12. The first-order chi connectivity index (χ1) is 8.83. The average Bonchev–Trinajstić information content (AvgIpc) is 2.46. The molecule has 2 nitrogen and oxygen atoms in total. The number of nitrogens with zero attached hydrogens (tertiary/aromatic N) is 1. The third-order valence-electron chi connectivity index (χ3n) is 2.89. The van der Waals surface area contributed by atoms with E-state index >= 15 is 0 Å². The highest BCUT2D eigenvalue weighted by atomic mass is 32.2. The average molecular weight is 261 g/mol. The van der Waals surface area contributed by atoms with E-state index < -0.39 is 0 Å². The summed E-state index contributed by atoms with van der Waals surface area (Å²) in [5.41, 5.74) is 1.27. The minimum Gasteiger partial charge on any atom is -0.497 e. The third-order valence-corrected chi connectivity index (χ3v) is 4.06. The molecule has 0 radical (unpaired) electrons. The Bertz CT molecular complexity index is 454. The van der Waals surface area contributed by atoms with E-state index in [-0.39, 0.29) is 0 Å². The molecule has 0 N–H and O–H groups in total. The summed E-state index contributed by atoms with van der Waals surface area (Å²) in [6, 6.07) is 8.24. The van der Waals surface area contributed by atoms with Gasteiger partial charge in [-0.2, -0.15) is 0 Å². The molecule has 3 heteroatoms. The molecule has 1 aliphatic heterocycles. The zero-order valence-corrected chi connectivity index (χ0v) is 11.7. The van der Waals surface area contributed by atoms with Gasteiger partial charge in [-0.3, -0.25) is 4.99 Å². The van der Waals surface area contributed by atoms with Crippen LogP contribution in [0.4, 0.5) is 0 Å². The van der Waals surface area contributed by atoms with Crippen LogP contribution in [0, 0.1) is 0 Å². The molecule has 1 heterocycles. The Morgan fingerprint density at radius 3 is 3.00 bits per heavy atom. The maximum atomic E-state index is 5.26. The van der Waals surface area contributed by atoms with Crippen molar-refractivity contribution in [1.29, 1.82) is 0 Å². The lowest BCUT2D eigenvalue weighted by atomic mass is 9.97. The molecular weight excluding hydrogens is 242 g/mol. The summed E-state index contributed by atoms with van der Waals surface area (Å²) >= 11 is 1.84. The lowest BCUT2D eigenvalue weighted by molar-refractivity contribution is 0.414. The maximum Gasteiger partial charge on any atom is 0.119 e. The number of thioether (sulfide) groups is 1. The zero-order chi connectivity index (χ0) is 12.8. The SMILES string of the molecule is CCCSC1=NCC(c2cccc(OC)c2)C=C1. The van der Waals surface area contributed by atoms with Crippen molar-refractivity contribution in [3.8, 4) is 5.75 Å². The highest BCUT2D eigenvalue weighted by Crippen LogP contribution is 2.25. The number of rotatable bonds is 4. The molecule has 18 heavy (non-hydrogen) atoms. The second-order valence-corrected chi connectivity index (χ2v) is 5.38. The van der Waals surface area contributed by atoms with Crippen LogP contribution in [0.15, 0.2) is 41.4 Å². The number of benzene rings is 1. The maximum absolute atomic E-state index is 5.26. The van der Waals surface area contributed by atoms with E-state index in [0.29, 0.717) is 5.92 Å². The van der Waals surface area contributed by atoms with E-state index in [1.54, 1.807) is 7.11 Å². The van der Waals surface area contributed by atoms with Crippen molar-refractivity contribution in [2.45, 2.75) is 19.3 Å². The van der Waals surface area contributed by atoms with Gasteiger partial charge >= 0.3 is 0 Å². The second kappa shape index (κ2) is 6.64. The van der Waals surface area contributed by atoms with Gasteiger partial charge in [0.05, 0.1) is 18.7 Å². The summed E-state index contributed by atoms with van der Waals surface area (Å²) in [4.78, 5) is 4.63. The van der Waals surface area contributed by atoms with Crippen LogP contribution in [0.25, 0.3) is 0 Å². The third kappa shape index (κ3) is 3.39. The topological polar surface area (TPSA) is 21.6 Å². The van der Waals surface area contributed by atoms with Crippen molar-refractivity contribution in [2.75, 3.05) is 19.4 Å². The smallest absolute Gasteiger partial charge is 0.119 e. The summed E-state index contributed by atoms with van der Waals surface area (Å²) in [7, 11) is 1.70. The van der Waals surface area contributed by atoms with Crippen LogP contribution in [0.1, 0.15) is 24.8 Å². The van der Waals surface area contributed by atoms with Gasteiger partial charge in [-0.1, -0.05) is 25.1 Å². The summed E-state index contributed by atoms with van der Waals surface area (Å²) < 4.78 is 5.26. The second-order valence-electron chi connectivity index (χ2n) is 4.27. The largest absolute Gasteiger partial charge is 0.497 e. The number of hydrogen-bond acceptors (Lipinski definition) is 3. The van der Waals surface area contributed by atoms with Crippen LogP contribution in [-0.4, -0.2) is 24.5 Å². The molecule has 1 unspecified atom stereocenters. The Kier molecular flexibility index (Phi) is 4.88. The molecule has 1 atom stereocenters. The Balaban J connectivity index is 2.01. The van der Waals surface area contributed by atoms with Gasteiger partial charge in [-0.25, -0.2) is 0 Å². The van der Waals surface area contributed by atoms with Crippen LogP contribution in [0.3, 0.4) is 0 Å². The molecule has 0 saturated heterocycles. The molecular formula is C15H19NOS. The predicted octanol–water partition coefficient (Wildman–Crippen LogP) is 3.89. The van der Waals surface area contributed by atoms with E-state index in [9.17, 15) is 0 Å². The molecule has 0 saturated carbocycles. The molecule has 0 aliphatic carbocycles. The summed E-state index contributed by atoms with van der Waals surface area (Å²) in [5.74, 6) is 2.44. The van der Waals surface area contributed by atoms with Crippen molar-refractivity contribution >= 4 is 16.8 Å². The quantitative estimate of drug-likeness (QED) is 0.820. The van der Waals surface area contributed by atoms with Gasteiger partial charge in [0.25, 0.3) is 0 Å². The van der Waals surface area contributed by atoms with Crippen LogP contribution in [0.2, 0.25) is 0 Å². The van der Waals surface area contributed by atoms with E-state index in [2.05, 4.69) is 36.2 Å². The number of hydrogen-bond donors (Lipinski definition) is 0. The molecule has 1 aromatic rings. The van der Waals surface area contributed by atoms with Crippen LogP contribution >= 0.6 is 11.8 Å². The van der Waals surface area contributed by atoms with E-state index in [4.69, 9.17) is 4.74 Å². The van der Waals surface area contributed by atoms with E-state index in [0.717, 1.165) is 23.1 Å². The molecule has 0 fully saturated rings. The van der Waals surface area contributed by atoms with Crippen molar-refractivity contribution in [3.05, 3.63) is 42.0 Å². The van der Waals surface area contributed by atoms with Gasteiger partial charge in [0.2, 0.25) is 0 Å². The number of methoxy groups -OCH3 is 1. The minimum atomic E-state index is 0.381. The Labute approximate surface area is 113 Å². The molecule has 0 amide bonds. The minimum absolute atomic E-state index is 0.381. The Hall–Kier alpha value is -1.22.